The molecule has 0 aromatic heterocycles. The Bertz CT molecular complexity index is 387. The van der Waals surface area contributed by atoms with E-state index in [2.05, 4.69) is 33.8 Å². The number of hydrogen-bond acceptors (Lipinski definition) is 2. The molecule has 0 N–H and O–H groups in total. The number of nitrogens with zero attached hydrogens (tertiary/aromatic N) is 2. The fourth-order valence-electron chi connectivity index (χ4n) is 1.63. The van der Waals surface area contributed by atoms with Crippen LogP contribution in [0, 0.1) is 11.3 Å². The number of benzene rings is 1. The van der Waals surface area contributed by atoms with Gasteiger partial charge < -0.3 is 4.90 Å². The van der Waals surface area contributed by atoms with E-state index in [9.17, 15) is 0 Å². The number of halogens is 2. The van der Waals surface area contributed by atoms with Crippen molar-refractivity contribution >= 4 is 33.2 Å². The van der Waals surface area contributed by atoms with Gasteiger partial charge in [-0.1, -0.05) is 39.7 Å². The minimum atomic E-state index is 0.515. The van der Waals surface area contributed by atoms with E-state index in [1.165, 1.54) is 0 Å². The van der Waals surface area contributed by atoms with Gasteiger partial charge in [0.2, 0.25) is 0 Å². The lowest BCUT2D eigenvalue weighted by molar-refractivity contribution is 0.823. The summed E-state index contributed by atoms with van der Waals surface area (Å²) in [7, 11) is 0. The molecule has 0 spiro atoms. The average Bonchev–Trinajstić information content (AvgIpc) is 2.31. The normalized spacial score (nSPS) is 9.88. The number of nitriles is 1. The van der Waals surface area contributed by atoms with Crippen LogP contribution >= 0.6 is 27.5 Å². The lowest BCUT2D eigenvalue weighted by Gasteiger charge is -2.25. The number of para-hydroxylation sites is 1. The van der Waals surface area contributed by atoms with Crippen molar-refractivity contribution in [3.63, 3.8) is 0 Å². The molecule has 0 saturated carbocycles. The first kappa shape index (κ1) is 13.3. The predicted molar refractivity (Wildman–Crippen MR) is 72.2 cm³/mol. The SMILES string of the molecule is CCN(CCC#N)c1c(Cl)cccc1CBr. The van der Waals surface area contributed by atoms with Crippen LogP contribution in [-0.4, -0.2) is 13.1 Å². The van der Waals surface area contributed by atoms with Gasteiger partial charge in [0, 0.05) is 18.4 Å². The summed E-state index contributed by atoms with van der Waals surface area (Å²) in [6, 6.07) is 8.04. The summed E-state index contributed by atoms with van der Waals surface area (Å²) in [5.41, 5.74) is 2.20. The molecule has 0 fully saturated rings. The van der Waals surface area contributed by atoms with Gasteiger partial charge in [-0.3, -0.25) is 0 Å². The zero-order valence-electron chi connectivity index (χ0n) is 9.21. The lowest BCUT2D eigenvalue weighted by Crippen LogP contribution is -2.25. The maximum absolute atomic E-state index is 8.63. The Kier molecular flexibility index (Phi) is 5.65. The summed E-state index contributed by atoms with van der Waals surface area (Å²) in [6.45, 7) is 3.64. The number of anilines is 1. The van der Waals surface area contributed by atoms with Gasteiger partial charge in [0.25, 0.3) is 0 Å². The highest BCUT2D eigenvalue weighted by Crippen LogP contribution is 2.31. The molecule has 0 heterocycles. The van der Waals surface area contributed by atoms with Crippen LogP contribution in [0.2, 0.25) is 5.02 Å². The molecular weight excluding hydrogens is 288 g/mol. The molecule has 1 aromatic rings. The Morgan fingerprint density at radius 2 is 2.25 bits per heavy atom. The molecule has 0 bridgehead atoms. The molecule has 0 saturated heterocycles. The van der Waals surface area contributed by atoms with Gasteiger partial charge in [-0.15, -0.1) is 0 Å². The van der Waals surface area contributed by atoms with E-state index in [1.807, 2.05) is 18.2 Å². The Morgan fingerprint density at radius 1 is 1.50 bits per heavy atom. The molecule has 2 nitrogen and oxygen atoms in total. The van der Waals surface area contributed by atoms with Gasteiger partial charge >= 0.3 is 0 Å². The number of hydrogen-bond donors (Lipinski definition) is 0. The van der Waals surface area contributed by atoms with Gasteiger partial charge in [-0.05, 0) is 18.6 Å². The van der Waals surface area contributed by atoms with E-state index in [0.29, 0.717) is 6.42 Å². The third-order valence-corrected chi connectivity index (χ3v) is 3.31. The minimum Gasteiger partial charge on any atom is -0.369 e. The maximum atomic E-state index is 8.63. The van der Waals surface area contributed by atoms with Crippen LogP contribution in [0.3, 0.4) is 0 Å². The molecule has 4 heteroatoms. The highest BCUT2D eigenvalue weighted by molar-refractivity contribution is 9.08. The van der Waals surface area contributed by atoms with E-state index in [1.54, 1.807) is 0 Å². The van der Waals surface area contributed by atoms with E-state index in [-0.39, 0.29) is 0 Å². The maximum Gasteiger partial charge on any atom is 0.0642 e. The average molecular weight is 302 g/mol. The molecule has 1 aromatic carbocycles. The largest absolute Gasteiger partial charge is 0.369 e. The zero-order valence-corrected chi connectivity index (χ0v) is 11.6. The quantitative estimate of drug-likeness (QED) is 0.769. The molecule has 0 amide bonds. The van der Waals surface area contributed by atoms with Crippen LogP contribution in [0.1, 0.15) is 18.9 Å². The summed E-state index contributed by atoms with van der Waals surface area (Å²) in [5.74, 6) is 0. The second-order valence-electron chi connectivity index (χ2n) is 3.37. The minimum absolute atomic E-state index is 0.515. The van der Waals surface area contributed by atoms with Gasteiger partial charge in [0.05, 0.1) is 23.2 Å². The van der Waals surface area contributed by atoms with Crippen molar-refractivity contribution in [3.05, 3.63) is 28.8 Å². The van der Waals surface area contributed by atoms with Crippen LogP contribution in [0.4, 0.5) is 5.69 Å². The molecule has 0 aliphatic rings. The number of rotatable bonds is 5. The molecular formula is C12H14BrClN2. The molecule has 0 aliphatic carbocycles. The van der Waals surface area contributed by atoms with E-state index in [4.69, 9.17) is 16.9 Å². The zero-order chi connectivity index (χ0) is 12.0. The highest BCUT2D eigenvalue weighted by atomic mass is 79.9. The first-order valence-electron chi connectivity index (χ1n) is 5.19. The van der Waals surface area contributed by atoms with Gasteiger partial charge in [-0.25, -0.2) is 0 Å². The Balaban J connectivity index is 3.03. The Morgan fingerprint density at radius 3 is 2.81 bits per heavy atom. The molecule has 16 heavy (non-hydrogen) atoms. The van der Waals surface area contributed by atoms with Crippen LogP contribution < -0.4 is 4.90 Å². The third kappa shape index (κ3) is 3.13. The van der Waals surface area contributed by atoms with Gasteiger partial charge in [0.1, 0.15) is 0 Å². The standard InChI is InChI=1S/C12H14BrClN2/c1-2-16(8-4-7-15)12-10(9-13)5-3-6-11(12)14/h3,5-6H,2,4,8-9H2,1H3. The molecule has 86 valence electrons. The summed E-state index contributed by atoms with van der Waals surface area (Å²) >= 11 is 9.67. The van der Waals surface area contributed by atoms with E-state index in [0.717, 1.165) is 34.7 Å². The van der Waals surface area contributed by atoms with Crippen molar-refractivity contribution in [2.75, 3.05) is 18.0 Å². The van der Waals surface area contributed by atoms with Crippen LogP contribution in [0.15, 0.2) is 18.2 Å². The van der Waals surface area contributed by atoms with Crippen LogP contribution in [0.5, 0.6) is 0 Å². The molecule has 0 aliphatic heterocycles. The topological polar surface area (TPSA) is 27.0 Å². The second kappa shape index (κ2) is 6.78. The second-order valence-corrected chi connectivity index (χ2v) is 4.34. The Hall–Kier alpha value is -0.720. The lowest BCUT2D eigenvalue weighted by atomic mass is 10.1. The van der Waals surface area contributed by atoms with Crippen molar-refractivity contribution in [1.29, 1.82) is 5.26 Å². The van der Waals surface area contributed by atoms with Crippen molar-refractivity contribution in [1.82, 2.24) is 0 Å². The first-order valence-corrected chi connectivity index (χ1v) is 6.69. The van der Waals surface area contributed by atoms with Crippen molar-refractivity contribution in [3.8, 4) is 6.07 Å². The van der Waals surface area contributed by atoms with Crippen molar-refractivity contribution in [2.24, 2.45) is 0 Å². The smallest absolute Gasteiger partial charge is 0.0642 e. The van der Waals surface area contributed by atoms with Gasteiger partial charge in [0.15, 0.2) is 0 Å². The van der Waals surface area contributed by atoms with E-state index >= 15 is 0 Å². The Labute approximate surface area is 110 Å². The number of alkyl halides is 1. The fraction of sp³-hybridized carbons (Fsp3) is 0.417. The van der Waals surface area contributed by atoms with Gasteiger partial charge in [-0.2, -0.15) is 5.26 Å². The molecule has 0 atom stereocenters. The van der Waals surface area contributed by atoms with Crippen molar-refractivity contribution < 1.29 is 0 Å². The van der Waals surface area contributed by atoms with Crippen LogP contribution in [-0.2, 0) is 5.33 Å². The summed E-state index contributed by atoms with van der Waals surface area (Å²) in [5, 5.41) is 10.2. The fourth-order valence-corrected chi connectivity index (χ4v) is 2.40. The monoisotopic (exact) mass is 300 g/mol. The summed E-state index contributed by atoms with van der Waals surface area (Å²) in [4.78, 5) is 2.14. The van der Waals surface area contributed by atoms with Crippen molar-refractivity contribution in [2.45, 2.75) is 18.7 Å². The highest BCUT2D eigenvalue weighted by Gasteiger charge is 2.12. The van der Waals surface area contributed by atoms with E-state index < -0.39 is 0 Å². The first-order chi connectivity index (χ1) is 7.74. The summed E-state index contributed by atoms with van der Waals surface area (Å²) in [6.07, 6.45) is 0.515. The van der Waals surface area contributed by atoms with Crippen LogP contribution in [0.25, 0.3) is 0 Å². The third-order valence-electron chi connectivity index (χ3n) is 2.41. The molecule has 0 radical (unpaired) electrons. The molecule has 0 unspecified atom stereocenters. The summed E-state index contributed by atoms with van der Waals surface area (Å²) < 4.78 is 0. The predicted octanol–water partition coefficient (Wildman–Crippen LogP) is 3.97. The molecule has 1 rings (SSSR count).